The molecule has 5 nitrogen and oxygen atoms in total. The molecule has 0 atom stereocenters. The van der Waals surface area contributed by atoms with E-state index in [0.717, 1.165) is 48.9 Å². The molecule has 22 heavy (non-hydrogen) atoms. The van der Waals surface area contributed by atoms with Gasteiger partial charge < -0.3 is 10.2 Å². The van der Waals surface area contributed by atoms with Crippen molar-refractivity contribution in [1.29, 1.82) is 0 Å². The minimum absolute atomic E-state index is 0.0525. The summed E-state index contributed by atoms with van der Waals surface area (Å²) in [4.78, 5) is 14.5. The Labute approximate surface area is 136 Å². The highest BCUT2D eigenvalue weighted by atomic mass is 32.1. The molecule has 6 heteroatoms. The first kappa shape index (κ1) is 15.7. The van der Waals surface area contributed by atoms with E-state index in [-0.39, 0.29) is 17.2 Å². The Balaban J connectivity index is 1.52. The molecule has 2 fully saturated rings. The lowest BCUT2D eigenvalue weighted by Crippen LogP contribution is -2.46. The highest BCUT2D eigenvalue weighted by Gasteiger charge is 2.30. The van der Waals surface area contributed by atoms with Crippen molar-refractivity contribution in [3.05, 3.63) is 5.01 Å². The van der Waals surface area contributed by atoms with Gasteiger partial charge in [0.15, 0.2) is 0 Å². The number of aromatic nitrogens is 2. The zero-order valence-corrected chi connectivity index (χ0v) is 14.6. The molecule has 0 aromatic carbocycles. The molecule has 3 rings (SSSR count). The van der Waals surface area contributed by atoms with Crippen LogP contribution in [0.25, 0.3) is 0 Å². The second-order valence-corrected chi connectivity index (χ2v) is 8.49. The highest BCUT2D eigenvalue weighted by Crippen LogP contribution is 2.32. The molecule has 1 amide bonds. The Morgan fingerprint density at radius 3 is 2.36 bits per heavy atom. The van der Waals surface area contributed by atoms with Gasteiger partial charge in [-0.2, -0.15) is 0 Å². The van der Waals surface area contributed by atoms with Crippen molar-refractivity contribution in [2.75, 3.05) is 18.0 Å². The number of anilines is 1. The predicted molar refractivity (Wildman–Crippen MR) is 89.3 cm³/mol. The predicted octanol–water partition coefficient (Wildman–Crippen LogP) is 2.72. The van der Waals surface area contributed by atoms with Gasteiger partial charge in [0.1, 0.15) is 5.01 Å². The number of nitrogens with zero attached hydrogens (tertiary/aromatic N) is 3. The third kappa shape index (κ3) is 3.42. The Morgan fingerprint density at radius 2 is 1.86 bits per heavy atom. The number of piperidine rings is 1. The van der Waals surface area contributed by atoms with Crippen LogP contribution in [0.1, 0.15) is 57.9 Å². The fourth-order valence-corrected chi connectivity index (χ4v) is 3.81. The van der Waals surface area contributed by atoms with Gasteiger partial charge in [0, 0.05) is 30.5 Å². The van der Waals surface area contributed by atoms with Crippen LogP contribution in [0.2, 0.25) is 0 Å². The van der Waals surface area contributed by atoms with Crippen molar-refractivity contribution in [3.8, 4) is 0 Å². The van der Waals surface area contributed by atoms with Gasteiger partial charge in [-0.1, -0.05) is 32.1 Å². The summed E-state index contributed by atoms with van der Waals surface area (Å²) in [6, 6.07) is 0.447. The molecule has 1 saturated heterocycles. The molecule has 122 valence electrons. The molecule has 1 saturated carbocycles. The van der Waals surface area contributed by atoms with Crippen molar-refractivity contribution in [2.24, 2.45) is 5.92 Å². The summed E-state index contributed by atoms with van der Waals surface area (Å²) in [5, 5.41) is 13.9. The second kappa shape index (κ2) is 6.14. The van der Waals surface area contributed by atoms with Gasteiger partial charge in [0.2, 0.25) is 11.0 Å². The number of hydrogen-bond donors (Lipinski definition) is 1. The average molecular weight is 322 g/mol. The summed E-state index contributed by atoms with van der Waals surface area (Å²) in [5.74, 6) is 0.434. The van der Waals surface area contributed by atoms with Crippen LogP contribution < -0.4 is 10.2 Å². The maximum atomic E-state index is 12.2. The number of nitrogens with one attached hydrogen (secondary N) is 1. The van der Waals surface area contributed by atoms with Crippen LogP contribution in [0, 0.1) is 5.92 Å². The molecule has 1 aliphatic carbocycles. The fourth-order valence-electron chi connectivity index (χ4n) is 2.85. The standard InChI is InChI=1S/C16H26N4OS/c1-16(2,3)14-18-19-15(22-14)20-9-7-11(8-10-20)13(21)17-12-5-4-6-12/h11-12H,4-10H2,1-3H3,(H,17,21). The lowest BCUT2D eigenvalue weighted by atomic mass is 9.90. The summed E-state index contributed by atoms with van der Waals surface area (Å²) in [7, 11) is 0. The Bertz CT molecular complexity index is 524. The van der Waals surface area contributed by atoms with Crippen LogP contribution in [0.15, 0.2) is 0 Å². The highest BCUT2D eigenvalue weighted by molar-refractivity contribution is 7.15. The van der Waals surface area contributed by atoms with Crippen LogP contribution in [-0.4, -0.2) is 35.2 Å². The molecule has 2 aliphatic rings. The number of rotatable bonds is 3. The van der Waals surface area contributed by atoms with E-state index in [1.54, 1.807) is 11.3 Å². The minimum Gasteiger partial charge on any atom is -0.353 e. The molecule has 1 aliphatic heterocycles. The smallest absolute Gasteiger partial charge is 0.223 e. The normalized spacial score (nSPS) is 20.8. The van der Waals surface area contributed by atoms with Gasteiger partial charge in [-0.3, -0.25) is 4.79 Å². The molecular formula is C16H26N4OS. The average Bonchev–Trinajstić information content (AvgIpc) is 2.92. The summed E-state index contributed by atoms with van der Waals surface area (Å²) >= 11 is 1.68. The molecule has 1 aromatic heterocycles. The van der Waals surface area contributed by atoms with Crippen molar-refractivity contribution in [3.63, 3.8) is 0 Å². The monoisotopic (exact) mass is 322 g/mol. The SMILES string of the molecule is CC(C)(C)c1nnc(N2CCC(C(=O)NC3CCC3)CC2)s1. The Kier molecular flexibility index (Phi) is 4.39. The Morgan fingerprint density at radius 1 is 1.18 bits per heavy atom. The molecule has 1 N–H and O–H groups in total. The van der Waals surface area contributed by atoms with E-state index in [0.29, 0.717) is 6.04 Å². The van der Waals surface area contributed by atoms with E-state index < -0.39 is 0 Å². The summed E-state index contributed by atoms with van der Waals surface area (Å²) in [5.41, 5.74) is 0.0525. The molecule has 1 aromatic rings. The lowest BCUT2D eigenvalue weighted by molar-refractivity contribution is -0.126. The first-order valence-corrected chi connectivity index (χ1v) is 9.14. The number of carbonyl (C=O) groups is 1. The van der Waals surface area contributed by atoms with E-state index in [1.165, 1.54) is 6.42 Å². The lowest BCUT2D eigenvalue weighted by Gasteiger charge is -2.33. The maximum absolute atomic E-state index is 12.2. The number of hydrogen-bond acceptors (Lipinski definition) is 5. The largest absolute Gasteiger partial charge is 0.353 e. The van der Waals surface area contributed by atoms with Gasteiger partial charge in [0.05, 0.1) is 0 Å². The van der Waals surface area contributed by atoms with Crippen molar-refractivity contribution >= 4 is 22.4 Å². The summed E-state index contributed by atoms with van der Waals surface area (Å²) < 4.78 is 0. The molecular weight excluding hydrogens is 296 g/mol. The van der Waals surface area contributed by atoms with Crippen LogP contribution in [0.4, 0.5) is 5.13 Å². The van der Waals surface area contributed by atoms with E-state index in [2.05, 4.69) is 41.2 Å². The molecule has 0 unspecified atom stereocenters. The molecule has 2 heterocycles. The van der Waals surface area contributed by atoms with Crippen LogP contribution in [0.5, 0.6) is 0 Å². The van der Waals surface area contributed by atoms with Gasteiger partial charge >= 0.3 is 0 Å². The fraction of sp³-hybridized carbons (Fsp3) is 0.812. The number of amides is 1. The first-order chi connectivity index (χ1) is 10.4. The van der Waals surface area contributed by atoms with Gasteiger partial charge in [-0.15, -0.1) is 10.2 Å². The van der Waals surface area contributed by atoms with Gasteiger partial charge in [-0.25, -0.2) is 0 Å². The van der Waals surface area contributed by atoms with Gasteiger partial charge in [-0.05, 0) is 32.1 Å². The van der Waals surface area contributed by atoms with E-state index in [1.807, 2.05) is 0 Å². The van der Waals surface area contributed by atoms with E-state index in [4.69, 9.17) is 0 Å². The third-order valence-corrected chi connectivity index (χ3v) is 6.05. The van der Waals surface area contributed by atoms with Crippen molar-refractivity contribution in [1.82, 2.24) is 15.5 Å². The quantitative estimate of drug-likeness (QED) is 0.929. The molecule has 0 radical (unpaired) electrons. The summed E-state index contributed by atoms with van der Waals surface area (Å²) in [6.07, 6.45) is 5.42. The van der Waals surface area contributed by atoms with Crippen molar-refractivity contribution in [2.45, 2.75) is 64.3 Å². The maximum Gasteiger partial charge on any atom is 0.223 e. The van der Waals surface area contributed by atoms with Crippen LogP contribution in [0.3, 0.4) is 0 Å². The Hall–Kier alpha value is -1.17. The third-order valence-electron chi connectivity index (χ3n) is 4.64. The zero-order chi connectivity index (χ0) is 15.7. The van der Waals surface area contributed by atoms with Gasteiger partial charge in [0.25, 0.3) is 0 Å². The second-order valence-electron chi connectivity index (χ2n) is 7.54. The topological polar surface area (TPSA) is 58.1 Å². The van der Waals surface area contributed by atoms with Crippen LogP contribution >= 0.6 is 11.3 Å². The first-order valence-electron chi connectivity index (χ1n) is 8.33. The molecule has 0 bridgehead atoms. The van der Waals surface area contributed by atoms with Crippen LogP contribution in [-0.2, 0) is 10.2 Å². The van der Waals surface area contributed by atoms with E-state index in [9.17, 15) is 4.79 Å². The van der Waals surface area contributed by atoms with E-state index >= 15 is 0 Å². The number of carbonyl (C=O) groups excluding carboxylic acids is 1. The zero-order valence-electron chi connectivity index (χ0n) is 13.8. The molecule has 0 spiro atoms. The summed E-state index contributed by atoms with van der Waals surface area (Å²) in [6.45, 7) is 8.29. The minimum atomic E-state index is 0.0525. The van der Waals surface area contributed by atoms with Crippen molar-refractivity contribution < 1.29 is 4.79 Å².